The topological polar surface area (TPSA) is 64.6 Å². The minimum Gasteiger partial charge on any atom is -0.808 e. The number of hydrogen-bond donors (Lipinski definition) is 0. The fourth-order valence-electron chi connectivity index (χ4n) is 0.904. The van der Waals surface area contributed by atoms with E-state index >= 15 is 0 Å². The zero-order valence-electron chi connectivity index (χ0n) is 13.6. The summed E-state index contributed by atoms with van der Waals surface area (Å²) in [6.45, 7) is 12.2. The maximum Gasteiger partial charge on any atom is 2.00 e. The molecule has 0 aliphatic rings. The minimum atomic E-state index is -1.42. The average Bonchev–Trinajstić information content (AvgIpc) is 2.13. The van der Waals surface area contributed by atoms with Crippen LogP contribution in [0.15, 0.2) is 0 Å². The van der Waals surface area contributed by atoms with Crippen molar-refractivity contribution < 1.29 is 18.8 Å². The van der Waals surface area contributed by atoms with Crippen molar-refractivity contribution in [1.82, 2.24) is 0 Å². The first-order valence-electron chi connectivity index (χ1n) is 5.89. The normalized spacial score (nSPS) is 14.8. The van der Waals surface area contributed by atoms with Gasteiger partial charge in [-0.2, -0.15) is 0 Å². The van der Waals surface area contributed by atoms with Gasteiger partial charge >= 0.3 is 23.1 Å². The SMILES string of the molecule is COP([O-])CC(C)(C)C.COP([O-])CC(C)(C)C.[Mg+2]. The predicted molar refractivity (Wildman–Crippen MR) is 82.3 cm³/mol. The molecule has 7 heteroatoms. The third-order valence-corrected chi connectivity index (χ3v) is 4.84. The van der Waals surface area contributed by atoms with E-state index in [0.29, 0.717) is 12.3 Å². The van der Waals surface area contributed by atoms with Gasteiger partial charge in [-0.1, -0.05) is 58.3 Å². The molecule has 112 valence electrons. The van der Waals surface area contributed by atoms with E-state index in [4.69, 9.17) is 0 Å². The van der Waals surface area contributed by atoms with Crippen LogP contribution >= 0.6 is 16.8 Å². The predicted octanol–water partition coefficient (Wildman–Crippen LogP) is 2.32. The van der Waals surface area contributed by atoms with Crippen LogP contribution in [0.1, 0.15) is 41.5 Å². The molecule has 19 heavy (non-hydrogen) atoms. The summed E-state index contributed by atoms with van der Waals surface area (Å²) in [5.74, 6) is 0. The standard InChI is InChI=1S/2C6H14O2P.Mg/c2*1-6(2,3)5-9(7)8-4;/h2*5H2,1-4H3;/q2*-1;+2. The van der Waals surface area contributed by atoms with Crippen LogP contribution in [0.2, 0.25) is 0 Å². The molecule has 4 nitrogen and oxygen atoms in total. The van der Waals surface area contributed by atoms with Crippen LogP contribution in [0.5, 0.6) is 0 Å². The van der Waals surface area contributed by atoms with E-state index < -0.39 is 16.8 Å². The number of hydrogen-bond acceptors (Lipinski definition) is 4. The van der Waals surface area contributed by atoms with E-state index in [-0.39, 0.29) is 33.9 Å². The van der Waals surface area contributed by atoms with Crippen LogP contribution in [0.25, 0.3) is 0 Å². The van der Waals surface area contributed by atoms with Gasteiger partial charge in [0.2, 0.25) is 0 Å². The van der Waals surface area contributed by atoms with Crippen molar-refractivity contribution in [3.05, 3.63) is 0 Å². The molecule has 0 saturated heterocycles. The molecule has 0 amide bonds. The first-order chi connectivity index (χ1) is 7.91. The Bertz CT molecular complexity index is 183. The van der Waals surface area contributed by atoms with Gasteiger partial charge in [0.25, 0.3) is 0 Å². The third-order valence-electron chi connectivity index (χ3n) is 1.61. The van der Waals surface area contributed by atoms with Gasteiger partial charge < -0.3 is 18.8 Å². The van der Waals surface area contributed by atoms with Crippen molar-refractivity contribution in [1.29, 1.82) is 0 Å². The summed E-state index contributed by atoms with van der Waals surface area (Å²) in [5.41, 5.74) is 0.229. The Morgan fingerprint density at radius 1 is 0.737 bits per heavy atom. The Balaban J connectivity index is -0.000000256. The first-order valence-corrected chi connectivity index (χ1v) is 8.61. The van der Waals surface area contributed by atoms with Crippen LogP contribution in [0, 0.1) is 10.8 Å². The van der Waals surface area contributed by atoms with Crippen molar-refractivity contribution in [2.75, 3.05) is 26.5 Å². The molecule has 0 aromatic heterocycles. The molecular formula is C12H28MgO4P2. The first kappa shape index (κ1) is 25.4. The maximum atomic E-state index is 10.8. The summed E-state index contributed by atoms with van der Waals surface area (Å²) < 4.78 is 9.27. The van der Waals surface area contributed by atoms with E-state index in [1.807, 2.05) is 41.5 Å². The average molecular weight is 323 g/mol. The molecule has 0 bridgehead atoms. The molecule has 0 radical (unpaired) electrons. The summed E-state index contributed by atoms with van der Waals surface area (Å²) >= 11 is 0. The van der Waals surface area contributed by atoms with Gasteiger partial charge in [0.1, 0.15) is 0 Å². The smallest absolute Gasteiger partial charge is 0.808 e. The molecule has 0 saturated carbocycles. The van der Waals surface area contributed by atoms with E-state index in [1.54, 1.807) is 0 Å². The van der Waals surface area contributed by atoms with Crippen molar-refractivity contribution in [2.24, 2.45) is 10.8 Å². The van der Waals surface area contributed by atoms with Crippen molar-refractivity contribution in [2.45, 2.75) is 41.5 Å². The zero-order valence-corrected chi connectivity index (χ0v) is 16.9. The molecule has 2 atom stereocenters. The van der Waals surface area contributed by atoms with E-state index in [9.17, 15) is 9.79 Å². The van der Waals surface area contributed by atoms with E-state index in [2.05, 4.69) is 9.05 Å². The fraction of sp³-hybridized carbons (Fsp3) is 1.00. The molecule has 0 aliphatic heterocycles. The quantitative estimate of drug-likeness (QED) is 0.588. The van der Waals surface area contributed by atoms with Gasteiger partial charge in [-0.3, -0.25) is 0 Å². The van der Waals surface area contributed by atoms with Crippen LogP contribution < -0.4 is 9.79 Å². The molecule has 0 spiro atoms. The van der Waals surface area contributed by atoms with Gasteiger partial charge in [0, 0.05) is 14.2 Å². The molecule has 0 aromatic carbocycles. The Hall–Kier alpha value is 1.47. The molecule has 0 N–H and O–H groups in total. The zero-order chi connectivity index (χ0) is 15.0. The van der Waals surface area contributed by atoms with Crippen molar-refractivity contribution in [3.63, 3.8) is 0 Å². The largest absolute Gasteiger partial charge is 2.00 e. The molecule has 0 aliphatic carbocycles. The molecule has 2 unspecified atom stereocenters. The summed E-state index contributed by atoms with van der Waals surface area (Å²) in [5, 5.41) is 0. The van der Waals surface area contributed by atoms with Gasteiger partial charge in [0.05, 0.1) is 0 Å². The molecule has 0 fully saturated rings. The Kier molecular flexibility index (Phi) is 16.1. The summed E-state index contributed by atoms with van der Waals surface area (Å²) in [6.07, 6.45) is 1.28. The minimum absolute atomic E-state index is 0. The van der Waals surface area contributed by atoms with Gasteiger partial charge in [0.15, 0.2) is 0 Å². The van der Waals surface area contributed by atoms with Gasteiger partial charge in [-0.25, -0.2) is 0 Å². The molecule has 0 rings (SSSR count). The second-order valence-electron chi connectivity index (χ2n) is 6.47. The monoisotopic (exact) mass is 322 g/mol. The summed E-state index contributed by atoms with van der Waals surface area (Å²) in [6, 6.07) is 0. The van der Waals surface area contributed by atoms with Gasteiger partial charge in [-0.05, 0) is 23.2 Å². The summed E-state index contributed by atoms with van der Waals surface area (Å²) in [7, 11) is 0.120. The van der Waals surface area contributed by atoms with Crippen molar-refractivity contribution >= 4 is 39.8 Å². The van der Waals surface area contributed by atoms with Crippen LogP contribution in [0.4, 0.5) is 0 Å². The fourth-order valence-corrected chi connectivity index (χ4v) is 2.71. The Labute approximate surface area is 137 Å². The van der Waals surface area contributed by atoms with Crippen LogP contribution in [-0.2, 0) is 9.05 Å². The van der Waals surface area contributed by atoms with Crippen LogP contribution in [-0.4, -0.2) is 49.6 Å². The van der Waals surface area contributed by atoms with Crippen LogP contribution in [0.3, 0.4) is 0 Å². The van der Waals surface area contributed by atoms with E-state index in [0.717, 1.165) is 0 Å². The second kappa shape index (κ2) is 12.1. The van der Waals surface area contributed by atoms with Crippen molar-refractivity contribution in [3.8, 4) is 0 Å². The number of rotatable bonds is 4. The third kappa shape index (κ3) is 24.8. The van der Waals surface area contributed by atoms with Gasteiger partial charge in [-0.15, -0.1) is 0 Å². The molecule has 0 heterocycles. The summed E-state index contributed by atoms with van der Waals surface area (Å²) in [4.78, 5) is 21.5. The second-order valence-corrected chi connectivity index (χ2v) is 9.16. The molecular weight excluding hydrogens is 294 g/mol. The molecule has 0 aromatic rings. The Morgan fingerprint density at radius 3 is 1.00 bits per heavy atom. The Morgan fingerprint density at radius 2 is 0.947 bits per heavy atom. The maximum absolute atomic E-state index is 10.8. The van der Waals surface area contributed by atoms with E-state index in [1.165, 1.54) is 14.2 Å².